The second kappa shape index (κ2) is 5.93. The molecule has 0 radical (unpaired) electrons. The molecule has 1 aromatic carbocycles. The highest BCUT2D eigenvalue weighted by molar-refractivity contribution is 6.75. The highest BCUT2D eigenvalue weighted by atomic mass is 28.3. The van der Waals surface area contributed by atoms with Gasteiger partial charge in [-0.15, -0.1) is 0 Å². The van der Waals surface area contributed by atoms with Crippen LogP contribution in [0, 0.1) is 0 Å². The molecular weight excluding hydrogens is 280 g/mol. The molecule has 0 fully saturated rings. The van der Waals surface area contributed by atoms with Crippen LogP contribution in [0.3, 0.4) is 0 Å². The number of amides is 1. The third kappa shape index (κ3) is 3.47. The number of rotatable bonds is 5. The Labute approximate surface area is 127 Å². The Hall–Kier alpha value is -1.75. The molecule has 0 bridgehead atoms. The minimum Gasteiger partial charge on any atom is -0.497 e. The number of methoxy groups -OCH3 is 1. The lowest BCUT2D eigenvalue weighted by Crippen LogP contribution is -2.31. The van der Waals surface area contributed by atoms with Crippen LogP contribution >= 0.6 is 0 Å². The molecule has 0 aliphatic rings. The number of ether oxygens (including phenoxy) is 1. The first kappa shape index (κ1) is 15.6. The summed E-state index contributed by atoms with van der Waals surface area (Å²) in [5, 5.41) is 4.09. The largest absolute Gasteiger partial charge is 0.497 e. The van der Waals surface area contributed by atoms with Crippen LogP contribution in [0.15, 0.2) is 24.4 Å². The van der Waals surface area contributed by atoms with Gasteiger partial charge in [-0.05, 0) is 36.4 Å². The quantitative estimate of drug-likeness (QED) is 0.863. The molecule has 0 aliphatic heterocycles. The Balaban J connectivity index is 2.45. The number of hydrogen-bond donors (Lipinski definition) is 1. The van der Waals surface area contributed by atoms with E-state index in [1.165, 1.54) is 16.5 Å². The summed E-state index contributed by atoms with van der Waals surface area (Å²) >= 11 is 0. The van der Waals surface area contributed by atoms with Crippen molar-refractivity contribution in [2.24, 2.45) is 0 Å². The van der Waals surface area contributed by atoms with Crippen molar-refractivity contribution in [3.05, 3.63) is 30.0 Å². The zero-order valence-electron chi connectivity index (χ0n) is 13.5. The fourth-order valence-electron chi connectivity index (χ4n) is 2.53. The summed E-state index contributed by atoms with van der Waals surface area (Å²) in [5.74, 6) is 0.887. The topological polar surface area (TPSA) is 43.3 Å². The third-order valence-corrected chi connectivity index (χ3v) is 5.40. The number of benzene rings is 1. The number of nitrogens with one attached hydrogen (secondary N) is 1. The van der Waals surface area contributed by atoms with Crippen LogP contribution in [-0.4, -0.2) is 32.0 Å². The van der Waals surface area contributed by atoms with Crippen LogP contribution < -0.4 is 10.1 Å². The van der Waals surface area contributed by atoms with Crippen LogP contribution in [0.5, 0.6) is 5.75 Å². The van der Waals surface area contributed by atoms with Gasteiger partial charge in [0.1, 0.15) is 5.75 Å². The molecule has 21 heavy (non-hydrogen) atoms. The fourth-order valence-corrected chi connectivity index (χ4v) is 3.99. The van der Waals surface area contributed by atoms with E-state index in [2.05, 4.69) is 47.5 Å². The zero-order valence-corrected chi connectivity index (χ0v) is 14.5. The van der Waals surface area contributed by atoms with Gasteiger partial charge >= 0.3 is 0 Å². The number of carbonyl (C=O) groups excluding carboxylic acids is 1. The summed E-state index contributed by atoms with van der Waals surface area (Å²) in [4.78, 5) is 11.0. The number of hydrogen-bond acceptors (Lipinski definition) is 2. The third-order valence-electron chi connectivity index (χ3n) is 3.59. The van der Waals surface area contributed by atoms with Gasteiger partial charge in [-0.3, -0.25) is 4.79 Å². The average Bonchev–Trinajstić information content (AvgIpc) is 2.76. The molecule has 1 aromatic heterocycles. The van der Waals surface area contributed by atoms with Gasteiger partial charge in [-0.1, -0.05) is 19.6 Å². The summed E-state index contributed by atoms with van der Waals surface area (Å²) in [6.07, 6.45) is 3.08. The SMILES string of the molecule is COc1ccc2c(c1)c(CCNC(C)=O)cn2[Si](C)(C)C. The molecule has 0 saturated carbocycles. The molecule has 0 aliphatic carbocycles. The van der Waals surface area contributed by atoms with Gasteiger partial charge in [0.2, 0.25) is 5.91 Å². The molecule has 2 rings (SSSR count). The van der Waals surface area contributed by atoms with Gasteiger partial charge in [0.25, 0.3) is 0 Å². The maximum Gasteiger partial charge on any atom is 0.216 e. The Morgan fingerprint density at radius 3 is 2.62 bits per heavy atom. The lowest BCUT2D eigenvalue weighted by atomic mass is 10.1. The first-order chi connectivity index (χ1) is 9.82. The Bertz CT molecular complexity index is 656. The van der Waals surface area contributed by atoms with Crippen molar-refractivity contribution in [2.45, 2.75) is 33.0 Å². The molecule has 2 aromatic rings. The van der Waals surface area contributed by atoms with Crippen LogP contribution in [-0.2, 0) is 11.2 Å². The van der Waals surface area contributed by atoms with Crippen molar-refractivity contribution in [1.82, 2.24) is 9.55 Å². The van der Waals surface area contributed by atoms with Crippen molar-refractivity contribution < 1.29 is 9.53 Å². The standard InChI is InChI=1S/C16H24N2O2Si/c1-12(19)17-9-8-13-11-18(21(3,4)5)16-7-6-14(20-2)10-15(13)16/h6-7,10-11H,8-9H2,1-5H3,(H,17,19). The predicted octanol–water partition coefficient (Wildman–Crippen LogP) is 3.01. The van der Waals surface area contributed by atoms with E-state index in [-0.39, 0.29) is 5.91 Å². The van der Waals surface area contributed by atoms with Gasteiger partial charge in [-0.25, -0.2) is 0 Å². The normalized spacial score (nSPS) is 11.7. The highest BCUT2D eigenvalue weighted by Gasteiger charge is 2.20. The van der Waals surface area contributed by atoms with E-state index < -0.39 is 8.24 Å². The maximum absolute atomic E-state index is 11.0. The zero-order chi connectivity index (χ0) is 15.6. The van der Waals surface area contributed by atoms with Crippen LogP contribution in [0.4, 0.5) is 0 Å². The summed E-state index contributed by atoms with van der Waals surface area (Å²) in [6, 6.07) is 6.24. The molecule has 1 amide bonds. The average molecular weight is 304 g/mol. The molecule has 114 valence electrons. The van der Waals surface area contributed by atoms with Crippen LogP contribution in [0.2, 0.25) is 19.6 Å². The van der Waals surface area contributed by atoms with Crippen LogP contribution in [0.1, 0.15) is 12.5 Å². The van der Waals surface area contributed by atoms with Crippen molar-refractivity contribution in [3.8, 4) is 5.75 Å². The van der Waals surface area contributed by atoms with E-state index in [1.54, 1.807) is 14.0 Å². The van der Waals surface area contributed by atoms with E-state index in [0.29, 0.717) is 6.54 Å². The molecule has 0 saturated heterocycles. The summed E-state index contributed by atoms with van der Waals surface area (Å²) in [5.41, 5.74) is 2.52. The van der Waals surface area contributed by atoms with E-state index in [0.717, 1.165) is 12.2 Å². The molecule has 0 unspecified atom stereocenters. The van der Waals surface area contributed by atoms with Crippen LogP contribution in [0.25, 0.3) is 10.9 Å². The van der Waals surface area contributed by atoms with E-state index in [4.69, 9.17) is 4.74 Å². The molecule has 5 heteroatoms. The first-order valence-corrected chi connectivity index (χ1v) is 10.7. The summed E-state index contributed by atoms with van der Waals surface area (Å²) < 4.78 is 7.77. The number of carbonyl (C=O) groups is 1. The van der Waals surface area contributed by atoms with E-state index >= 15 is 0 Å². The summed E-state index contributed by atoms with van der Waals surface area (Å²) in [6.45, 7) is 9.20. The fraction of sp³-hybridized carbons (Fsp3) is 0.438. The number of fused-ring (bicyclic) bond motifs is 1. The molecule has 0 atom stereocenters. The molecule has 1 heterocycles. The van der Waals surface area contributed by atoms with Gasteiger partial charge in [-0.2, -0.15) is 0 Å². The van der Waals surface area contributed by atoms with Crippen molar-refractivity contribution in [3.63, 3.8) is 0 Å². The molecule has 1 N–H and O–H groups in total. The molecular formula is C16H24N2O2Si. The minimum absolute atomic E-state index is 0.0153. The van der Waals surface area contributed by atoms with E-state index in [1.807, 2.05) is 6.07 Å². The monoisotopic (exact) mass is 304 g/mol. The number of aromatic nitrogens is 1. The second-order valence-corrected chi connectivity index (χ2v) is 11.1. The van der Waals surface area contributed by atoms with Gasteiger partial charge in [0, 0.05) is 24.4 Å². The van der Waals surface area contributed by atoms with Crippen molar-refractivity contribution >= 4 is 25.0 Å². The highest BCUT2D eigenvalue weighted by Crippen LogP contribution is 2.28. The minimum atomic E-state index is -1.48. The lowest BCUT2D eigenvalue weighted by molar-refractivity contribution is -0.118. The van der Waals surface area contributed by atoms with E-state index in [9.17, 15) is 4.79 Å². The maximum atomic E-state index is 11.0. The predicted molar refractivity (Wildman–Crippen MR) is 89.6 cm³/mol. The second-order valence-electron chi connectivity index (χ2n) is 6.31. The van der Waals surface area contributed by atoms with Gasteiger partial charge in [0.05, 0.1) is 7.11 Å². The molecule has 4 nitrogen and oxygen atoms in total. The van der Waals surface area contributed by atoms with Gasteiger partial charge < -0.3 is 14.3 Å². The Morgan fingerprint density at radius 2 is 2.05 bits per heavy atom. The molecule has 0 spiro atoms. The van der Waals surface area contributed by atoms with Gasteiger partial charge in [0.15, 0.2) is 8.24 Å². The first-order valence-electron chi connectivity index (χ1n) is 7.26. The number of nitrogens with zero attached hydrogens (tertiary/aromatic N) is 1. The smallest absolute Gasteiger partial charge is 0.216 e. The summed E-state index contributed by atoms with van der Waals surface area (Å²) in [7, 11) is 0.211. The Kier molecular flexibility index (Phi) is 4.42. The lowest BCUT2D eigenvalue weighted by Gasteiger charge is -2.20. The van der Waals surface area contributed by atoms with Crippen molar-refractivity contribution in [1.29, 1.82) is 0 Å². The Morgan fingerprint density at radius 1 is 1.33 bits per heavy atom. The van der Waals surface area contributed by atoms with Crippen molar-refractivity contribution in [2.75, 3.05) is 13.7 Å².